The highest BCUT2D eigenvalue weighted by Gasteiger charge is 2.22. The molecule has 2 amide bonds. The SMILES string of the molecule is COc1cccc(C(NC(=O)NC(C)c2ccccc2C)c2nccn2C)c1. The standard InChI is InChI=1S/C22H26N4O2/c1-15-8-5-6-11-19(15)16(2)24-22(27)25-20(21-23-12-13-26(21)3)17-9-7-10-18(14-17)28-4/h5-14,16,20H,1-4H3,(H2,24,25,27). The van der Waals surface area contributed by atoms with Gasteiger partial charge in [-0.2, -0.15) is 0 Å². The Hall–Kier alpha value is -3.28. The van der Waals surface area contributed by atoms with Gasteiger partial charge in [-0.3, -0.25) is 0 Å². The van der Waals surface area contributed by atoms with E-state index >= 15 is 0 Å². The number of hydrogen-bond donors (Lipinski definition) is 2. The van der Waals surface area contributed by atoms with Crippen LogP contribution in [0.25, 0.3) is 0 Å². The zero-order valence-corrected chi connectivity index (χ0v) is 16.6. The number of ether oxygens (including phenoxy) is 1. The highest BCUT2D eigenvalue weighted by atomic mass is 16.5. The molecule has 146 valence electrons. The lowest BCUT2D eigenvalue weighted by molar-refractivity contribution is 0.235. The molecule has 28 heavy (non-hydrogen) atoms. The van der Waals surface area contributed by atoms with Crippen LogP contribution in [0.3, 0.4) is 0 Å². The Kier molecular flexibility index (Phi) is 5.99. The first kappa shape index (κ1) is 19.5. The number of methoxy groups -OCH3 is 1. The predicted octanol–water partition coefficient (Wildman–Crippen LogP) is 3.89. The number of nitrogens with zero attached hydrogens (tertiary/aromatic N) is 2. The van der Waals surface area contributed by atoms with E-state index in [-0.39, 0.29) is 12.1 Å². The van der Waals surface area contributed by atoms with Gasteiger partial charge >= 0.3 is 6.03 Å². The van der Waals surface area contributed by atoms with Gasteiger partial charge in [0.05, 0.1) is 13.2 Å². The Morgan fingerprint density at radius 3 is 2.61 bits per heavy atom. The van der Waals surface area contributed by atoms with Gasteiger partial charge in [0.25, 0.3) is 0 Å². The number of amides is 2. The van der Waals surface area contributed by atoms with Crippen molar-refractivity contribution in [1.29, 1.82) is 0 Å². The highest BCUT2D eigenvalue weighted by Crippen LogP contribution is 2.24. The third-order valence-corrected chi connectivity index (χ3v) is 4.82. The summed E-state index contributed by atoms with van der Waals surface area (Å²) in [6.07, 6.45) is 3.58. The zero-order valence-electron chi connectivity index (χ0n) is 16.6. The highest BCUT2D eigenvalue weighted by molar-refractivity contribution is 5.75. The molecule has 2 N–H and O–H groups in total. The molecule has 0 spiro atoms. The number of hydrogen-bond acceptors (Lipinski definition) is 3. The molecule has 3 aromatic rings. The molecule has 0 saturated carbocycles. The molecular formula is C22H26N4O2. The normalized spacial score (nSPS) is 12.9. The average Bonchev–Trinajstić information content (AvgIpc) is 3.12. The van der Waals surface area contributed by atoms with Crippen molar-refractivity contribution in [3.05, 3.63) is 83.4 Å². The number of carbonyl (C=O) groups excluding carboxylic acids is 1. The first-order valence-corrected chi connectivity index (χ1v) is 9.23. The number of urea groups is 1. The summed E-state index contributed by atoms with van der Waals surface area (Å²) in [4.78, 5) is 17.2. The Labute approximate surface area is 165 Å². The largest absolute Gasteiger partial charge is 0.497 e. The van der Waals surface area contributed by atoms with E-state index in [4.69, 9.17) is 4.74 Å². The number of benzene rings is 2. The minimum atomic E-state index is -0.404. The second-order valence-corrected chi connectivity index (χ2v) is 6.80. The van der Waals surface area contributed by atoms with Gasteiger partial charge in [-0.1, -0.05) is 36.4 Å². The molecule has 0 aliphatic rings. The summed E-state index contributed by atoms with van der Waals surface area (Å²) in [5.41, 5.74) is 3.13. The van der Waals surface area contributed by atoms with Gasteiger partial charge in [-0.15, -0.1) is 0 Å². The fourth-order valence-corrected chi connectivity index (χ4v) is 3.29. The molecule has 2 unspecified atom stereocenters. The van der Waals surface area contributed by atoms with Gasteiger partial charge < -0.3 is 19.9 Å². The van der Waals surface area contributed by atoms with Gasteiger partial charge in [0.2, 0.25) is 0 Å². The van der Waals surface area contributed by atoms with Crippen molar-refractivity contribution in [3.8, 4) is 5.75 Å². The van der Waals surface area contributed by atoms with Crippen LogP contribution in [0.2, 0.25) is 0 Å². The number of aromatic nitrogens is 2. The Balaban J connectivity index is 1.82. The lowest BCUT2D eigenvalue weighted by Crippen LogP contribution is -2.40. The summed E-state index contributed by atoms with van der Waals surface area (Å²) < 4.78 is 7.24. The molecule has 0 fully saturated rings. The van der Waals surface area contributed by atoms with Gasteiger partial charge in [-0.05, 0) is 42.7 Å². The summed E-state index contributed by atoms with van der Waals surface area (Å²) in [5.74, 6) is 1.47. The van der Waals surface area contributed by atoms with Crippen LogP contribution in [0.4, 0.5) is 4.79 Å². The van der Waals surface area contributed by atoms with Crippen LogP contribution >= 0.6 is 0 Å². The minimum absolute atomic E-state index is 0.117. The average molecular weight is 378 g/mol. The minimum Gasteiger partial charge on any atom is -0.497 e. The van der Waals surface area contributed by atoms with Crippen LogP contribution in [-0.2, 0) is 7.05 Å². The summed E-state index contributed by atoms with van der Waals surface area (Å²) in [6, 6.07) is 14.9. The number of rotatable bonds is 6. The molecule has 1 aromatic heterocycles. The van der Waals surface area contributed by atoms with E-state index in [0.717, 1.165) is 28.3 Å². The molecule has 0 bridgehead atoms. The Morgan fingerprint density at radius 1 is 1.14 bits per heavy atom. The van der Waals surface area contributed by atoms with E-state index in [2.05, 4.69) is 15.6 Å². The van der Waals surface area contributed by atoms with E-state index in [1.54, 1.807) is 13.3 Å². The topological polar surface area (TPSA) is 68.2 Å². The van der Waals surface area contributed by atoms with Gasteiger partial charge in [0.1, 0.15) is 17.6 Å². The van der Waals surface area contributed by atoms with E-state index in [1.165, 1.54) is 0 Å². The van der Waals surface area contributed by atoms with E-state index in [0.29, 0.717) is 0 Å². The maximum atomic E-state index is 12.8. The van der Waals surface area contributed by atoms with Crippen LogP contribution < -0.4 is 15.4 Å². The molecule has 1 heterocycles. The van der Waals surface area contributed by atoms with Crippen LogP contribution in [0.5, 0.6) is 5.75 Å². The third-order valence-electron chi connectivity index (χ3n) is 4.82. The van der Waals surface area contributed by atoms with Gasteiger partial charge in [-0.25, -0.2) is 9.78 Å². The maximum Gasteiger partial charge on any atom is 0.316 e. The lowest BCUT2D eigenvalue weighted by Gasteiger charge is -2.22. The van der Waals surface area contributed by atoms with Crippen molar-refractivity contribution in [2.75, 3.05) is 7.11 Å². The summed E-state index contributed by atoms with van der Waals surface area (Å²) in [6.45, 7) is 4.02. The van der Waals surface area contributed by atoms with Crippen LogP contribution in [0, 0.1) is 6.92 Å². The van der Waals surface area contributed by atoms with E-state index in [1.807, 2.05) is 80.2 Å². The van der Waals surface area contributed by atoms with Gasteiger partial charge in [0, 0.05) is 19.4 Å². The quantitative estimate of drug-likeness (QED) is 0.684. The Morgan fingerprint density at radius 2 is 1.93 bits per heavy atom. The molecule has 0 aliphatic heterocycles. The first-order chi connectivity index (χ1) is 13.5. The molecule has 0 radical (unpaired) electrons. The molecule has 3 rings (SSSR count). The molecule has 6 nitrogen and oxygen atoms in total. The monoisotopic (exact) mass is 378 g/mol. The molecule has 6 heteroatoms. The predicted molar refractivity (Wildman–Crippen MR) is 109 cm³/mol. The molecular weight excluding hydrogens is 352 g/mol. The molecule has 2 atom stereocenters. The van der Waals surface area contributed by atoms with Gasteiger partial charge in [0.15, 0.2) is 0 Å². The fourth-order valence-electron chi connectivity index (χ4n) is 3.29. The fraction of sp³-hybridized carbons (Fsp3) is 0.273. The molecule has 0 aliphatic carbocycles. The van der Waals surface area contributed by atoms with E-state index in [9.17, 15) is 4.79 Å². The number of aryl methyl sites for hydroxylation is 2. The van der Waals surface area contributed by atoms with Crippen molar-refractivity contribution >= 4 is 6.03 Å². The third kappa shape index (κ3) is 4.34. The number of imidazole rings is 1. The Bertz CT molecular complexity index is 951. The number of carbonyl (C=O) groups is 1. The van der Waals surface area contributed by atoms with Crippen molar-refractivity contribution in [1.82, 2.24) is 20.2 Å². The van der Waals surface area contributed by atoms with Crippen molar-refractivity contribution in [3.63, 3.8) is 0 Å². The van der Waals surface area contributed by atoms with E-state index < -0.39 is 6.04 Å². The molecule has 2 aromatic carbocycles. The second kappa shape index (κ2) is 8.61. The zero-order chi connectivity index (χ0) is 20.1. The van der Waals surface area contributed by atoms with Crippen LogP contribution in [0.1, 0.15) is 41.5 Å². The first-order valence-electron chi connectivity index (χ1n) is 9.23. The molecule has 0 saturated heterocycles. The smallest absolute Gasteiger partial charge is 0.316 e. The summed E-state index contributed by atoms with van der Waals surface area (Å²) in [5, 5.41) is 6.09. The summed E-state index contributed by atoms with van der Waals surface area (Å²) >= 11 is 0. The summed E-state index contributed by atoms with van der Waals surface area (Å²) in [7, 11) is 3.53. The van der Waals surface area contributed by atoms with Crippen LogP contribution in [0.15, 0.2) is 60.9 Å². The van der Waals surface area contributed by atoms with Crippen molar-refractivity contribution < 1.29 is 9.53 Å². The second-order valence-electron chi connectivity index (χ2n) is 6.80. The maximum absolute atomic E-state index is 12.8. The lowest BCUT2D eigenvalue weighted by atomic mass is 10.0. The van der Waals surface area contributed by atoms with Crippen molar-refractivity contribution in [2.24, 2.45) is 7.05 Å². The number of nitrogens with one attached hydrogen (secondary N) is 2. The van der Waals surface area contributed by atoms with Crippen molar-refractivity contribution in [2.45, 2.75) is 25.9 Å². The van der Waals surface area contributed by atoms with Crippen LogP contribution in [-0.4, -0.2) is 22.7 Å².